The fourth-order valence-corrected chi connectivity index (χ4v) is 3.98. The van der Waals surface area contributed by atoms with Gasteiger partial charge in [0, 0.05) is 32.2 Å². The smallest absolute Gasteiger partial charge is 0.0580 e. The zero-order chi connectivity index (χ0) is 14.9. The summed E-state index contributed by atoms with van der Waals surface area (Å²) in [7, 11) is 2.21. The normalized spacial score (nSPS) is 38.1. The Morgan fingerprint density at radius 3 is 2.45 bits per heavy atom. The van der Waals surface area contributed by atoms with Crippen LogP contribution in [0.3, 0.4) is 0 Å². The van der Waals surface area contributed by atoms with Gasteiger partial charge in [-0.3, -0.25) is 4.90 Å². The second kappa shape index (κ2) is 6.33. The van der Waals surface area contributed by atoms with Gasteiger partial charge in [0.25, 0.3) is 0 Å². The fourth-order valence-electron chi connectivity index (χ4n) is 3.98. The molecular formula is C17H34N2O. The Bertz CT molecular complexity index is 313. The first kappa shape index (κ1) is 16.3. The molecule has 0 aromatic carbocycles. The van der Waals surface area contributed by atoms with Gasteiger partial charge in [-0.05, 0) is 50.5 Å². The minimum atomic E-state index is -0.0829. The van der Waals surface area contributed by atoms with E-state index in [9.17, 15) is 5.11 Å². The quantitative estimate of drug-likeness (QED) is 0.843. The van der Waals surface area contributed by atoms with Crippen LogP contribution < -0.4 is 0 Å². The molecule has 1 heterocycles. The third-order valence-electron chi connectivity index (χ3n) is 5.60. The van der Waals surface area contributed by atoms with E-state index in [-0.39, 0.29) is 6.10 Å². The number of hydrogen-bond acceptors (Lipinski definition) is 3. The van der Waals surface area contributed by atoms with Gasteiger partial charge in [-0.2, -0.15) is 0 Å². The zero-order valence-corrected chi connectivity index (χ0v) is 14.1. The molecule has 1 saturated heterocycles. The van der Waals surface area contributed by atoms with E-state index < -0.39 is 0 Å². The molecule has 118 valence electrons. The van der Waals surface area contributed by atoms with E-state index in [1.165, 1.54) is 12.8 Å². The molecule has 0 amide bonds. The largest absolute Gasteiger partial charge is 0.393 e. The third kappa shape index (κ3) is 3.96. The molecule has 1 saturated carbocycles. The number of nitrogens with zero attached hydrogens (tertiary/aromatic N) is 2. The molecule has 0 aromatic heterocycles. The Labute approximate surface area is 125 Å². The highest BCUT2D eigenvalue weighted by Gasteiger charge is 2.36. The first-order valence-electron chi connectivity index (χ1n) is 8.38. The Hall–Kier alpha value is -0.120. The predicted octanol–water partition coefficient (Wildman–Crippen LogP) is 2.45. The van der Waals surface area contributed by atoms with Crippen LogP contribution in [0, 0.1) is 17.3 Å². The van der Waals surface area contributed by atoms with Gasteiger partial charge in [-0.15, -0.1) is 0 Å². The maximum atomic E-state index is 10.4. The topological polar surface area (TPSA) is 26.7 Å². The molecule has 2 rings (SSSR count). The van der Waals surface area contributed by atoms with E-state index in [2.05, 4.69) is 44.5 Å². The average Bonchev–Trinajstić information content (AvgIpc) is 2.33. The maximum Gasteiger partial charge on any atom is 0.0580 e. The lowest BCUT2D eigenvalue weighted by molar-refractivity contribution is -0.0124. The molecular weight excluding hydrogens is 248 g/mol. The molecule has 0 aromatic rings. The van der Waals surface area contributed by atoms with Gasteiger partial charge >= 0.3 is 0 Å². The third-order valence-corrected chi connectivity index (χ3v) is 5.60. The molecule has 4 unspecified atom stereocenters. The van der Waals surface area contributed by atoms with Crippen molar-refractivity contribution in [2.75, 3.05) is 33.2 Å². The van der Waals surface area contributed by atoms with Gasteiger partial charge in [0.2, 0.25) is 0 Å². The average molecular weight is 282 g/mol. The summed E-state index contributed by atoms with van der Waals surface area (Å²) in [6.45, 7) is 13.9. The zero-order valence-electron chi connectivity index (χ0n) is 14.1. The van der Waals surface area contributed by atoms with Gasteiger partial charge in [0.1, 0.15) is 0 Å². The summed E-state index contributed by atoms with van der Waals surface area (Å²) in [4.78, 5) is 5.01. The Balaban J connectivity index is 1.93. The van der Waals surface area contributed by atoms with Gasteiger partial charge in [-0.1, -0.05) is 20.8 Å². The van der Waals surface area contributed by atoms with Crippen molar-refractivity contribution in [2.24, 2.45) is 17.3 Å². The predicted molar refractivity (Wildman–Crippen MR) is 84.8 cm³/mol. The summed E-state index contributed by atoms with van der Waals surface area (Å²) < 4.78 is 0. The summed E-state index contributed by atoms with van der Waals surface area (Å²) in [5.74, 6) is 1.23. The minimum Gasteiger partial charge on any atom is -0.393 e. The van der Waals surface area contributed by atoms with Crippen LogP contribution >= 0.6 is 0 Å². The van der Waals surface area contributed by atoms with E-state index in [4.69, 9.17) is 0 Å². The highest BCUT2D eigenvalue weighted by atomic mass is 16.3. The summed E-state index contributed by atoms with van der Waals surface area (Å²) in [5, 5.41) is 10.4. The first-order chi connectivity index (χ1) is 9.27. The van der Waals surface area contributed by atoms with Crippen LogP contribution in [0.1, 0.15) is 47.0 Å². The number of likely N-dealkylation sites (N-methyl/N-ethyl adjacent to an activating group) is 1. The van der Waals surface area contributed by atoms with Gasteiger partial charge < -0.3 is 10.0 Å². The second-order valence-corrected chi connectivity index (χ2v) is 8.31. The number of aliphatic hydroxyl groups excluding tert-OH is 1. The van der Waals surface area contributed by atoms with E-state index in [0.29, 0.717) is 17.4 Å². The van der Waals surface area contributed by atoms with E-state index in [0.717, 1.165) is 38.5 Å². The van der Waals surface area contributed by atoms with Crippen molar-refractivity contribution in [3.8, 4) is 0 Å². The van der Waals surface area contributed by atoms with Crippen molar-refractivity contribution < 1.29 is 5.11 Å². The number of hydrogen-bond donors (Lipinski definition) is 1. The Kier molecular flexibility index (Phi) is 5.14. The van der Waals surface area contributed by atoms with Crippen molar-refractivity contribution >= 4 is 0 Å². The van der Waals surface area contributed by atoms with E-state index in [1.54, 1.807) is 0 Å². The highest BCUT2D eigenvalue weighted by molar-refractivity contribution is 4.88. The lowest BCUT2D eigenvalue weighted by Gasteiger charge is -2.44. The minimum absolute atomic E-state index is 0.0829. The summed E-state index contributed by atoms with van der Waals surface area (Å²) >= 11 is 0. The van der Waals surface area contributed by atoms with Crippen LogP contribution in [0.25, 0.3) is 0 Å². The van der Waals surface area contributed by atoms with Crippen molar-refractivity contribution in [2.45, 2.75) is 59.1 Å². The van der Waals surface area contributed by atoms with Gasteiger partial charge in [0.05, 0.1) is 6.10 Å². The molecule has 3 heteroatoms. The molecule has 2 aliphatic rings. The SMILES string of the molecule is CC1CN(C)CCN1CC1CC(C(C)(C)C)CCC1O. The highest BCUT2D eigenvalue weighted by Crippen LogP contribution is 2.40. The van der Waals surface area contributed by atoms with Gasteiger partial charge in [-0.25, -0.2) is 0 Å². The van der Waals surface area contributed by atoms with Crippen LogP contribution in [-0.4, -0.2) is 60.3 Å². The van der Waals surface area contributed by atoms with Crippen LogP contribution in [0.2, 0.25) is 0 Å². The fraction of sp³-hybridized carbons (Fsp3) is 1.00. The van der Waals surface area contributed by atoms with Crippen LogP contribution in [0.5, 0.6) is 0 Å². The monoisotopic (exact) mass is 282 g/mol. The van der Waals surface area contributed by atoms with Gasteiger partial charge in [0.15, 0.2) is 0 Å². The van der Waals surface area contributed by atoms with E-state index in [1.807, 2.05) is 0 Å². The van der Waals surface area contributed by atoms with Crippen molar-refractivity contribution in [3.05, 3.63) is 0 Å². The molecule has 3 nitrogen and oxygen atoms in total. The lowest BCUT2D eigenvalue weighted by atomic mass is 9.68. The molecule has 1 aliphatic carbocycles. The Morgan fingerprint density at radius 2 is 1.85 bits per heavy atom. The first-order valence-corrected chi connectivity index (χ1v) is 8.38. The molecule has 1 N–H and O–H groups in total. The molecule has 20 heavy (non-hydrogen) atoms. The molecule has 0 spiro atoms. The van der Waals surface area contributed by atoms with E-state index >= 15 is 0 Å². The standard InChI is InChI=1S/C17H34N2O/c1-13-11-18(5)8-9-19(13)12-14-10-15(17(2,3)4)6-7-16(14)20/h13-16,20H,6-12H2,1-5H3. The number of aliphatic hydroxyl groups is 1. The summed E-state index contributed by atoms with van der Waals surface area (Å²) in [5.41, 5.74) is 0.381. The molecule has 0 radical (unpaired) electrons. The second-order valence-electron chi connectivity index (χ2n) is 8.31. The Morgan fingerprint density at radius 1 is 1.15 bits per heavy atom. The maximum absolute atomic E-state index is 10.4. The van der Waals surface area contributed by atoms with Crippen molar-refractivity contribution in [3.63, 3.8) is 0 Å². The van der Waals surface area contributed by atoms with Crippen LogP contribution in [0.4, 0.5) is 0 Å². The lowest BCUT2D eigenvalue weighted by Crippen LogP contribution is -2.53. The van der Waals surface area contributed by atoms with Crippen molar-refractivity contribution in [1.82, 2.24) is 9.80 Å². The molecule has 0 bridgehead atoms. The molecule has 2 fully saturated rings. The molecule has 4 atom stereocenters. The number of rotatable bonds is 2. The van der Waals surface area contributed by atoms with Crippen LogP contribution in [-0.2, 0) is 0 Å². The molecule has 1 aliphatic heterocycles. The van der Waals surface area contributed by atoms with Crippen LogP contribution in [0.15, 0.2) is 0 Å². The van der Waals surface area contributed by atoms with Crippen molar-refractivity contribution in [1.29, 1.82) is 0 Å². The number of piperazine rings is 1. The summed E-state index contributed by atoms with van der Waals surface area (Å²) in [6.07, 6.45) is 3.30. The summed E-state index contributed by atoms with van der Waals surface area (Å²) in [6, 6.07) is 0.621.